The molecule has 1 aliphatic rings. The molecule has 2 aromatic carbocycles. The molecule has 1 aliphatic carbocycles. The molecule has 0 aromatic heterocycles. The number of anilines is 2. The summed E-state index contributed by atoms with van der Waals surface area (Å²) < 4.78 is 0. The number of amides is 3. The molecule has 0 bridgehead atoms. The predicted molar refractivity (Wildman–Crippen MR) is 96.0 cm³/mol. The molecule has 5 nitrogen and oxygen atoms in total. The summed E-state index contributed by atoms with van der Waals surface area (Å²) in [6.45, 7) is 0. The molecule has 0 aliphatic heterocycles. The molecule has 0 radical (unpaired) electrons. The molecule has 0 unspecified atom stereocenters. The van der Waals surface area contributed by atoms with Gasteiger partial charge in [0.15, 0.2) is 0 Å². The van der Waals surface area contributed by atoms with Crippen LogP contribution < -0.4 is 16.0 Å². The Labute approximate surface area is 149 Å². The zero-order valence-corrected chi connectivity index (χ0v) is 14.1. The third kappa shape index (κ3) is 4.40. The van der Waals surface area contributed by atoms with Gasteiger partial charge in [0, 0.05) is 23.0 Å². The van der Waals surface area contributed by atoms with Crippen molar-refractivity contribution in [3.8, 4) is 0 Å². The minimum atomic E-state index is -0.413. The monoisotopic (exact) mass is 363 g/mol. The van der Waals surface area contributed by atoms with E-state index in [9.17, 15) is 9.59 Å². The van der Waals surface area contributed by atoms with Crippen LogP contribution in [0.3, 0.4) is 0 Å². The van der Waals surface area contributed by atoms with Crippen molar-refractivity contribution in [3.63, 3.8) is 0 Å². The predicted octanol–water partition coefficient (Wildman–Crippen LogP) is 4.53. The summed E-state index contributed by atoms with van der Waals surface area (Å²) in [7, 11) is 0. The van der Waals surface area contributed by atoms with Crippen LogP contribution in [-0.4, -0.2) is 18.0 Å². The van der Waals surface area contributed by atoms with Crippen molar-refractivity contribution in [1.29, 1.82) is 0 Å². The molecular formula is C17H15Cl2N3O2. The van der Waals surface area contributed by atoms with E-state index in [0.29, 0.717) is 33.0 Å². The van der Waals surface area contributed by atoms with Gasteiger partial charge in [-0.2, -0.15) is 0 Å². The van der Waals surface area contributed by atoms with E-state index < -0.39 is 6.03 Å². The lowest BCUT2D eigenvalue weighted by Crippen LogP contribution is -2.25. The fourth-order valence-electron chi connectivity index (χ4n) is 2.07. The normalized spacial score (nSPS) is 13.2. The first-order chi connectivity index (χ1) is 11.5. The molecule has 3 N–H and O–H groups in total. The van der Waals surface area contributed by atoms with Gasteiger partial charge in [-0.15, -0.1) is 0 Å². The van der Waals surface area contributed by atoms with E-state index in [1.54, 1.807) is 42.5 Å². The van der Waals surface area contributed by atoms with Gasteiger partial charge in [0.1, 0.15) is 0 Å². The number of halogens is 2. The lowest BCUT2D eigenvalue weighted by atomic mass is 10.2. The summed E-state index contributed by atoms with van der Waals surface area (Å²) >= 11 is 11.7. The molecule has 0 atom stereocenters. The molecule has 24 heavy (non-hydrogen) atoms. The van der Waals surface area contributed by atoms with E-state index in [1.807, 2.05) is 0 Å². The van der Waals surface area contributed by atoms with Crippen LogP contribution in [0.15, 0.2) is 42.5 Å². The summed E-state index contributed by atoms with van der Waals surface area (Å²) in [5.74, 6) is -0.0932. The van der Waals surface area contributed by atoms with Crippen molar-refractivity contribution in [2.45, 2.75) is 18.9 Å². The van der Waals surface area contributed by atoms with Gasteiger partial charge in [-0.1, -0.05) is 23.2 Å². The molecule has 3 rings (SSSR count). The van der Waals surface area contributed by atoms with Gasteiger partial charge >= 0.3 is 6.03 Å². The number of urea groups is 1. The zero-order chi connectivity index (χ0) is 17.1. The highest BCUT2D eigenvalue weighted by molar-refractivity contribution is 6.42. The second-order valence-electron chi connectivity index (χ2n) is 5.53. The summed E-state index contributed by atoms with van der Waals surface area (Å²) in [6.07, 6.45) is 2.08. The van der Waals surface area contributed by atoms with Gasteiger partial charge in [0.05, 0.1) is 10.0 Å². The quantitative estimate of drug-likeness (QED) is 0.746. The van der Waals surface area contributed by atoms with Crippen LogP contribution in [0.2, 0.25) is 10.0 Å². The number of benzene rings is 2. The Balaban J connectivity index is 1.57. The Hall–Kier alpha value is -2.24. The largest absolute Gasteiger partial charge is 0.349 e. The molecule has 0 heterocycles. The molecule has 1 fully saturated rings. The first-order valence-corrected chi connectivity index (χ1v) is 8.21. The first kappa shape index (κ1) is 16.6. The number of nitrogens with one attached hydrogen (secondary N) is 3. The molecule has 7 heteroatoms. The number of carbonyl (C=O) groups excluding carboxylic acids is 2. The van der Waals surface area contributed by atoms with Crippen molar-refractivity contribution in [3.05, 3.63) is 58.1 Å². The smallest absolute Gasteiger partial charge is 0.323 e. The van der Waals surface area contributed by atoms with E-state index in [0.717, 1.165) is 12.8 Å². The third-order valence-corrected chi connectivity index (χ3v) is 4.23. The summed E-state index contributed by atoms with van der Waals surface area (Å²) in [5, 5.41) is 9.04. The highest BCUT2D eigenvalue weighted by atomic mass is 35.5. The lowest BCUT2D eigenvalue weighted by Gasteiger charge is -2.09. The van der Waals surface area contributed by atoms with Crippen LogP contribution in [0.25, 0.3) is 0 Å². The molecule has 1 saturated carbocycles. The Morgan fingerprint density at radius 2 is 1.50 bits per heavy atom. The summed E-state index contributed by atoms with van der Waals surface area (Å²) in [5.41, 5.74) is 1.68. The minimum absolute atomic E-state index is 0.0932. The molecular weight excluding hydrogens is 349 g/mol. The van der Waals surface area contributed by atoms with E-state index in [1.165, 1.54) is 0 Å². The van der Waals surface area contributed by atoms with E-state index in [4.69, 9.17) is 23.2 Å². The molecule has 0 saturated heterocycles. The average molecular weight is 364 g/mol. The van der Waals surface area contributed by atoms with Gasteiger partial charge in [-0.3, -0.25) is 4.79 Å². The van der Waals surface area contributed by atoms with Gasteiger partial charge in [0.25, 0.3) is 5.91 Å². The van der Waals surface area contributed by atoms with Gasteiger partial charge in [0.2, 0.25) is 0 Å². The Morgan fingerprint density at radius 1 is 0.875 bits per heavy atom. The standard InChI is InChI=1S/C17H15Cl2N3O2/c18-14-8-7-13(9-15(14)19)22-17(24)21-12-3-1-10(2-4-12)16(23)20-11-5-6-11/h1-4,7-9,11H,5-6H2,(H,20,23)(H2,21,22,24). The number of hydrogen-bond donors (Lipinski definition) is 3. The second kappa shape index (κ2) is 7.11. The number of carbonyl (C=O) groups is 2. The maximum absolute atomic E-state index is 12.0. The summed E-state index contributed by atoms with van der Waals surface area (Å²) in [6, 6.07) is 11.4. The molecule has 124 valence electrons. The SMILES string of the molecule is O=C(Nc1ccc(C(=O)NC2CC2)cc1)Nc1ccc(Cl)c(Cl)c1. The zero-order valence-electron chi connectivity index (χ0n) is 12.6. The van der Waals surface area contributed by atoms with E-state index in [2.05, 4.69) is 16.0 Å². The fourth-order valence-corrected chi connectivity index (χ4v) is 2.37. The van der Waals surface area contributed by atoms with Gasteiger partial charge < -0.3 is 16.0 Å². The Morgan fingerprint density at radius 3 is 2.12 bits per heavy atom. The highest BCUT2D eigenvalue weighted by Gasteiger charge is 2.23. The average Bonchev–Trinajstić information content (AvgIpc) is 3.35. The maximum Gasteiger partial charge on any atom is 0.323 e. The van der Waals surface area contributed by atoms with Gasteiger partial charge in [-0.25, -0.2) is 4.79 Å². The Bertz CT molecular complexity index is 774. The van der Waals surface area contributed by atoms with Crippen LogP contribution in [0.5, 0.6) is 0 Å². The Kier molecular flexibility index (Phi) is 4.92. The van der Waals surface area contributed by atoms with Crippen molar-refractivity contribution < 1.29 is 9.59 Å². The second-order valence-corrected chi connectivity index (χ2v) is 6.35. The van der Waals surface area contributed by atoms with Gasteiger partial charge in [-0.05, 0) is 55.3 Å². The van der Waals surface area contributed by atoms with Crippen molar-refractivity contribution >= 4 is 46.5 Å². The topological polar surface area (TPSA) is 70.2 Å². The van der Waals surface area contributed by atoms with Crippen LogP contribution in [-0.2, 0) is 0 Å². The van der Waals surface area contributed by atoms with Crippen LogP contribution in [0.4, 0.5) is 16.2 Å². The maximum atomic E-state index is 12.0. The van der Waals surface area contributed by atoms with Crippen molar-refractivity contribution in [1.82, 2.24) is 5.32 Å². The molecule has 3 amide bonds. The van der Waals surface area contributed by atoms with Crippen molar-refractivity contribution in [2.75, 3.05) is 10.6 Å². The third-order valence-electron chi connectivity index (χ3n) is 3.49. The molecule has 2 aromatic rings. The number of hydrogen-bond acceptors (Lipinski definition) is 2. The fraction of sp³-hybridized carbons (Fsp3) is 0.176. The van der Waals surface area contributed by atoms with E-state index in [-0.39, 0.29) is 5.91 Å². The van der Waals surface area contributed by atoms with Crippen molar-refractivity contribution in [2.24, 2.45) is 0 Å². The summed E-state index contributed by atoms with van der Waals surface area (Å²) in [4.78, 5) is 23.9. The van der Waals surface area contributed by atoms with Crippen LogP contribution >= 0.6 is 23.2 Å². The highest BCUT2D eigenvalue weighted by Crippen LogP contribution is 2.25. The number of rotatable bonds is 4. The van der Waals surface area contributed by atoms with E-state index >= 15 is 0 Å². The molecule has 0 spiro atoms. The first-order valence-electron chi connectivity index (χ1n) is 7.45. The lowest BCUT2D eigenvalue weighted by molar-refractivity contribution is 0.0951. The minimum Gasteiger partial charge on any atom is -0.349 e. The van der Waals surface area contributed by atoms with Crippen LogP contribution in [0.1, 0.15) is 23.2 Å². The van der Waals surface area contributed by atoms with Crippen LogP contribution in [0, 0.1) is 0 Å².